The first kappa shape index (κ1) is 23.4. The van der Waals surface area contributed by atoms with Crippen LogP contribution >= 0.6 is 11.6 Å². The van der Waals surface area contributed by atoms with Gasteiger partial charge in [0, 0.05) is 30.5 Å². The Morgan fingerprint density at radius 2 is 2.03 bits per heavy atom. The number of benzene rings is 1. The number of carbonyl (C=O) groups is 1. The minimum atomic E-state index is -3.82. The van der Waals surface area contributed by atoms with Crippen LogP contribution in [0.15, 0.2) is 58.5 Å². The molecule has 0 saturated heterocycles. The van der Waals surface area contributed by atoms with E-state index < -0.39 is 28.0 Å². The Morgan fingerprint density at radius 3 is 2.75 bits per heavy atom. The molecule has 2 aromatic heterocycles. The van der Waals surface area contributed by atoms with E-state index in [0.29, 0.717) is 12.0 Å². The van der Waals surface area contributed by atoms with E-state index in [4.69, 9.17) is 17.3 Å². The molecule has 0 aliphatic carbocycles. The van der Waals surface area contributed by atoms with Crippen LogP contribution in [0.4, 0.5) is 11.4 Å². The third kappa shape index (κ3) is 5.69. The average Bonchev–Trinajstić information content (AvgIpc) is 2.76. The van der Waals surface area contributed by atoms with Crippen molar-refractivity contribution in [2.45, 2.75) is 24.8 Å². The normalized spacial score (nSPS) is 11.3. The number of halogens is 1. The predicted molar refractivity (Wildman–Crippen MR) is 121 cm³/mol. The summed E-state index contributed by atoms with van der Waals surface area (Å²) in [4.78, 5) is 28.6. The van der Waals surface area contributed by atoms with E-state index in [1.54, 1.807) is 31.3 Å². The van der Waals surface area contributed by atoms with Crippen LogP contribution in [0.1, 0.15) is 11.3 Å². The summed E-state index contributed by atoms with van der Waals surface area (Å²) in [6.45, 7) is 1.40. The van der Waals surface area contributed by atoms with Crippen molar-refractivity contribution in [3.63, 3.8) is 0 Å². The number of carbonyl (C=O) groups excluding carboxylic acids is 1. The van der Waals surface area contributed by atoms with Gasteiger partial charge in [0.2, 0.25) is 15.9 Å². The van der Waals surface area contributed by atoms with Gasteiger partial charge in [-0.05, 0) is 36.8 Å². The molecule has 0 radical (unpaired) electrons. The highest BCUT2D eigenvalue weighted by Crippen LogP contribution is 2.20. The van der Waals surface area contributed by atoms with Gasteiger partial charge >= 0.3 is 0 Å². The fourth-order valence-electron chi connectivity index (χ4n) is 2.83. The van der Waals surface area contributed by atoms with Crippen LogP contribution < -0.4 is 21.3 Å². The Kier molecular flexibility index (Phi) is 7.23. The lowest BCUT2D eigenvalue weighted by atomic mass is 10.2. The largest absolute Gasteiger partial charge is 0.396 e. The summed E-state index contributed by atoms with van der Waals surface area (Å²) in [5, 5.41) is 6.10. The quantitative estimate of drug-likeness (QED) is 0.444. The van der Waals surface area contributed by atoms with E-state index >= 15 is 0 Å². The third-order valence-electron chi connectivity index (χ3n) is 4.47. The van der Waals surface area contributed by atoms with Crippen molar-refractivity contribution in [1.82, 2.24) is 19.5 Å². The smallest absolute Gasteiger partial charge is 0.288 e. The molecule has 0 fully saturated rings. The van der Waals surface area contributed by atoms with Gasteiger partial charge in [-0.1, -0.05) is 23.7 Å². The van der Waals surface area contributed by atoms with Crippen molar-refractivity contribution in [2.75, 3.05) is 17.6 Å². The van der Waals surface area contributed by atoms with Gasteiger partial charge in [0.05, 0.1) is 16.8 Å². The molecule has 0 bridgehead atoms. The molecular weight excluding hydrogens is 456 g/mol. The molecule has 12 heteroatoms. The van der Waals surface area contributed by atoms with Gasteiger partial charge in [-0.3, -0.25) is 14.6 Å². The monoisotopic (exact) mass is 476 g/mol. The zero-order valence-corrected chi connectivity index (χ0v) is 18.7. The van der Waals surface area contributed by atoms with Gasteiger partial charge in [-0.2, -0.15) is 5.10 Å². The molecule has 32 heavy (non-hydrogen) atoms. The molecule has 3 aromatic rings. The van der Waals surface area contributed by atoms with E-state index in [0.717, 1.165) is 10.4 Å². The van der Waals surface area contributed by atoms with E-state index in [9.17, 15) is 18.0 Å². The summed E-state index contributed by atoms with van der Waals surface area (Å²) in [5.74, 6) is -0.587. The van der Waals surface area contributed by atoms with Crippen LogP contribution in [-0.4, -0.2) is 35.6 Å². The van der Waals surface area contributed by atoms with Crippen molar-refractivity contribution in [3.05, 3.63) is 75.4 Å². The molecule has 0 aliphatic rings. The van der Waals surface area contributed by atoms with Crippen LogP contribution in [0.5, 0.6) is 0 Å². The first-order valence-electron chi connectivity index (χ1n) is 9.48. The van der Waals surface area contributed by atoms with Crippen LogP contribution in [-0.2, 0) is 27.8 Å². The van der Waals surface area contributed by atoms with Gasteiger partial charge in [0.15, 0.2) is 0 Å². The number of rotatable bonds is 8. The Labute approximate surface area is 189 Å². The lowest BCUT2D eigenvalue weighted by Gasteiger charge is -2.12. The highest BCUT2D eigenvalue weighted by atomic mass is 35.5. The van der Waals surface area contributed by atoms with Crippen LogP contribution in [0.2, 0.25) is 5.02 Å². The molecule has 3 rings (SSSR count). The maximum absolute atomic E-state index is 12.8. The SMILES string of the molecule is Cc1ccc(NC(=O)Cn2ncc(N)c(Cl)c2=O)cc1S(=O)(=O)NCCc1ccccn1. The Balaban J connectivity index is 1.70. The Hall–Kier alpha value is -3.28. The number of amides is 1. The zero-order valence-electron chi connectivity index (χ0n) is 17.1. The van der Waals surface area contributed by atoms with Gasteiger partial charge in [0.1, 0.15) is 11.6 Å². The number of hydrogen-bond donors (Lipinski definition) is 3. The van der Waals surface area contributed by atoms with E-state index in [-0.39, 0.29) is 27.8 Å². The molecule has 0 aliphatic heterocycles. The minimum absolute atomic E-state index is 0.0113. The number of aromatic nitrogens is 3. The second kappa shape index (κ2) is 9.90. The Morgan fingerprint density at radius 1 is 1.25 bits per heavy atom. The van der Waals surface area contributed by atoms with Crippen molar-refractivity contribution in [1.29, 1.82) is 0 Å². The van der Waals surface area contributed by atoms with E-state index in [1.165, 1.54) is 12.3 Å². The van der Waals surface area contributed by atoms with Crippen LogP contribution in [0.3, 0.4) is 0 Å². The maximum Gasteiger partial charge on any atom is 0.288 e. The molecule has 1 amide bonds. The average molecular weight is 477 g/mol. The number of nitrogen functional groups attached to an aromatic ring is 1. The first-order valence-corrected chi connectivity index (χ1v) is 11.3. The number of nitrogens with one attached hydrogen (secondary N) is 2. The second-order valence-corrected chi connectivity index (χ2v) is 8.99. The number of nitrogens with zero attached hydrogens (tertiary/aromatic N) is 3. The summed E-state index contributed by atoms with van der Waals surface area (Å²) in [7, 11) is -3.82. The van der Waals surface area contributed by atoms with Crippen LogP contribution in [0.25, 0.3) is 0 Å². The fraction of sp³-hybridized carbons (Fsp3) is 0.200. The van der Waals surface area contributed by atoms with E-state index in [2.05, 4.69) is 20.1 Å². The molecule has 10 nitrogen and oxygen atoms in total. The predicted octanol–water partition coefficient (Wildman–Crippen LogP) is 1.34. The molecule has 0 atom stereocenters. The summed E-state index contributed by atoms with van der Waals surface area (Å²) < 4.78 is 28.9. The van der Waals surface area contributed by atoms with Crippen LogP contribution in [0, 0.1) is 6.92 Å². The molecule has 168 valence electrons. The molecule has 0 unspecified atom stereocenters. The van der Waals surface area contributed by atoms with Crippen molar-refractivity contribution in [2.24, 2.45) is 0 Å². The number of pyridine rings is 1. The van der Waals surface area contributed by atoms with Gasteiger partial charge < -0.3 is 11.1 Å². The summed E-state index contributed by atoms with van der Waals surface area (Å²) in [6.07, 6.45) is 3.24. The molecule has 0 saturated carbocycles. The molecule has 1 aromatic carbocycles. The highest BCUT2D eigenvalue weighted by Gasteiger charge is 2.18. The minimum Gasteiger partial charge on any atom is -0.396 e. The summed E-state index contributed by atoms with van der Waals surface area (Å²) in [6, 6.07) is 9.91. The second-order valence-electron chi connectivity index (χ2n) is 6.87. The fourth-order valence-corrected chi connectivity index (χ4v) is 4.28. The van der Waals surface area contributed by atoms with Gasteiger partial charge in [0.25, 0.3) is 5.56 Å². The standard InChI is InChI=1S/C20H21ClN6O4S/c1-13-5-6-15(26-18(28)12-27-20(29)19(21)16(22)11-24-27)10-17(13)32(30,31)25-9-7-14-4-2-3-8-23-14/h2-6,8,10-11,25H,7,9,12,22H2,1H3,(H,26,28). The number of hydrogen-bond acceptors (Lipinski definition) is 7. The lowest BCUT2D eigenvalue weighted by molar-refractivity contribution is -0.117. The summed E-state index contributed by atoms with van der Waals surface area (Å²) in [5.41, 5.74) is 6.34. The van der Waals surface area contributed by atoms with Crippen molar-refractivity contribution < 1.29 is 13.2 Å². The molecular formula is C20H21ClN6O4S. The highest BCUT2D eigenvalue weighted by molar-refractivity contribution is 7.89. The summed E-state index contributed by atoms with van der Waals surface area (Å²) >= 11 is 5.79. The maximum atomic E-state index is 12.8. The Bertz CT molecular complexity index is 1300. The third-order valence-corrected chi connectivity index (χ3v) is 6.45. The first-order chi connectivity index (χ1) is 15.2. The number of aryl methyl sites for hydroxylation is 1. The van der Waals surface area contributed by atoms with Crippen molar-refractivity contribution in [3.8, 4) is 0 Å². The number of nitrogens with two attached hydrogens (primary N) is 1. The lowest BCUT2D eigenvalue weighted by Crippen LogP contribution is -2.30. The van der Waals surface area contributed by atoms with E-state index in [1.807, 2.05) is 12.1 Å². The number of anilines is 2. The molecule has 0 spiro atoms. The molecule has 2 heterocycles. The van der Waals surface area contributed by atoms with Crippen molar-refractivity contribution >= 4 is 38.9 Å². The topological polar surface area (TPSA) is 149 Å². The van der Waals surface area contributed by atoms with Gasteiger partial charge in [-0.25, -0.2) is 17.8 Å². The molecule has 4 N–H and O–H groups in total. The number of sulfonamides is 1. The zero-order chi connectivity index (χ0) is 23.3. The van der Waals surface area contributed by atoms with Gasteiger partial charge in [-0.15, -0.1) is 0 Å².